The maximum atomic E-state index is 14.4. The molecule has 6 aromatic rings. The van der Waals surface area contributed by atoms with Gasteiger partial charge in [0.15, 0.2) is 34.7 Å². The van der Waals surface area contributed by atoms with E-state index in [1.54, 1.807) is 24.5 Å². The third-order valence-electron chi connectivity index (χ3n) is 11.8. The predicted molar refractivity (Wildman–Crippen MR) is 225 cm³/mol. The maximum Gasteiger partial charge on any atom is 0.183 e. The number of nitrogens with zero attached hydrogens (tertiary/aromatic N) is 6. The normalized spacial score (nSPS) is 22.1. The average molecular weight is 800 g/mol. The molecule has 4 aromatic heterocycles. The molecule has 3 N–H and O–H groups in total. The van der Waals surface area contributed by atoms with Crippen LogP contribution in [0.15, 0.2) is 90.2 Å². The van der Waals surface area contributed by atoms with E-state index in [9.17, 15) is 19.0 Å². The van der Waals surface area contributed by atoms with Crippen molar-refractivity contribution in [2.24, 2.45) is 32.3 Å². The van der Waals surface area contributed by atoms with Gasteiger partial charge in [-0.05, 0) is 123 Å². The molecule has 10 rings (SSSR count). The van der Waals surface area contributed by atoms with Gasteiger partial charge in [0.2, 0.25) is 0 Å². The summed E-state index contributed by atoms with van der Waals surface area (Å²) in [5.41, 5.74) is 8.03. The Hall–Kier alpha value is -6.08. The fourth-order valence-corrected chi connectivity index (χ4v) is 8.49. The fourth-order valence-electron chi connectivity index (χ4n) is 8.49. The Morgan fingerprint density at radius 1 is 0.678 bits per heavy atom. The number of aromatic nitrogens is 2. The highest BCUT2D eigenvalue weighted by molar-refractivity contribution is 5.96. The van der Waals surface area contributed by atoms with Gasteiger partial charge in [-0.1, -0.05) is 32.4 Å². The average Bonchev–Trinajstić information content (AvgIpc) is 4.00. The van der Waals surface area contributed by atoms with E-state index in [4.69, 9.17) is 8.83 Å². The van der Waals surface area contributed by atoms with Gasteiger partial charge in [-0.25, -0.2) is 18.7 Å². The minimum absolute atomic E-state index is 0. The lowest BCUT2D eigenvalue weighted by atomic mass is 9.82. The van der Waals surface area contributed by atoms with Gasteiger partial charge in [0.25, 0.3) is 0 Å². The minimum Gasteiger partial charge on any atom is -0.504 e. The SMILES string of the molecule is C.Cc1ccc2c(O)c(C=C3N=Nc4ncccc43)oc2c1CC1CCCC[C@H]1F.Cc1ccc2c(O)c(C=C3N=Nc4ncccc43)oc2c1CC1CCNC[C@H]1F. The number of hydrogen-bond donors (Lipinski definition) is 3. The summed E-state index contributed by atoms with van der Waals surface area (Å²) in [6.45, 7) is 5.21. The number of halogens is 2. The van der Waals surface area contributed by atoms with Crippen molar-refractivity contribution in [3.8, 4) is 11.5 Å². The summed E-state index contributed by atoms with van der Waals surface area (Å²) in [5.74, 6) is 1.82. The zero-order chi connectivity index (χ0) is 39.9. The van der Waals surface area contributed by atoms with Gasteiger partial charge >= 0.3 is 0 Å². The van der Waals surface area contributed by atoms with Crippen LogP contribution < -0.4 is 5.32 Å². The molecule has 4 aliphatic rings. The molecule has 13 heteroatoms. The van der Waals surface area contributed by atoms with Crippen molar-refractivity contribution in [1.29, 1.82) is 0 Å². The lowest BCUT2D eigenvalue weighted by molar-refractivity contribution is 0.165. The number of hydrogen-bond acceptors (Lipinski definition) is 11. The molecule has 0 spiro atoms. The summed E-state index contributed by atoms with van der Waals surface area (Å²) in [4.78, 5) is 8.36. The van der Waals surface area contributed by atoms with Crippen molar-refractivity contribution in [2.45, 2.75) is 78.6 Å². The molecule has 304 valence electrons. The van der Waals surface area contributed by atoms with E-state index in [1.165, 1.54) is 0 Å². The Labute approximate surface area is 340 Å². The molecule has 4 atom stereocenters. The van der Waals surface area contributed by atoms with Gasteiger partial charge in [0.1, 0.15) is 34.9 Å². The standard InChI is InChI=1S/C23H22FN3O2.C22H21FN4O2.CH4/c1-13-8-9-16-21(28)20(12-19-15-6-4-10-25-23(15)27-26-19)29-22(16)17(13)11-14-5-2-3-7-18(14)24;1-12-4-5-15-20(28)19(10-18-14-3-2-7-25-22(14)27-26-18)29-21(15)16(12)9-13-6-8-24-11-17(13)23;/h4,6,8-10,12,14,18,28H,2-3,5,7,11H2,1H3;2-5,7,10,13,17,24,28H,6,8-9,11H2,1H3;1H4/t14?,18-;13?,17-;/m11./s1. The Morgan fingerprint density at radius 2 is 1.19 bits per heavy atom. The minimum atomic E-state index is -0.883. The van der Waals surface area contributed by atoms with E-state index in [0.717, 1.165) is 65.6 Å². The zero-order valence-electron chi connectivity index (χ0n) is 32.3. The molecule has 0 radical (unpaired) electrons. The highest BCUT2D eigenvalue weighted by Crippen LogP contribution is 2.43. The first-order valence-corrected chi connectivity index (χ1v) is 19.9. The predicted octanol–water partition coefficient (Wildman–Crippen LogP) is 12.1. The topological polar surface area (TPSA) is 154 Å². The number of benzene rings is 2. The largest absolute Gasteiger partial charge is 0.504 e. The summed E-state index contributed by atoms with van der Waals surface area (Å²) >= 11 is 0. The van der Waals surface area contributed by atoms with Crippen molar-refractivity contribution in [3.05, 3.63) is 106 Å². The zero-order valence-corrected chi connectivity index (χ0v) is 32.3. The van der Waals surface area contributed by atoms with E-state index >= 15 is 0 Å². The summed E-state index contributed by atoms with van der Waals surface area (Å²) < 4.78 is 41.0. The van der Waals surface area contributed by atoms with Crippen LogP contribution in [0.2, 0.25) is 0 Å². The van der Waals surface area contributed by atoms with Gasteiger partial charge < -0.3 is 24.4 Å². The van der Waals surface area contributed by atoms with Gasteiger partial charge in [-0.3, -0.25) is 0 Å². The quantitative estimate of drug-likeness (QED) is 0.151. The molecule has 2 fully saturated rings. The van der Waals surface area contributed by atoms with Crippen LogP contribution >= 0.6 is 0 Å². The van der Waals surface area contributed by atoms with E-state index < -0.39 is 12.3 Å². The highest BCUT2D eigenvalue weighted by atomic mass is 19.1. The number of aryl methyl sites for hydroxylation is 2. The summed E-state index contributed by atoms with van der Waals surface area (Å²) in [5, 5.41) is 42.3. The van der Waals surface area contributed by atoms with Crippen LogP contribution in [0.4, 0.5) is 20.4 Å². The second kappa shape index (κ2) is 16.6. The Bertz CT molecular complexity index is 2480. The number of fused-ring (bicyclic) bond motifs is 4. The van der Waals surface area contributed by atoms with E-state index in [2.05, 4.69) is 35.7 Å². The number of rotatable bonds is 6. The molecule has 11 nitrogen and oxygen atoms in total. The maximum absolute atomic E-state index is 14.4. The Balaban J connectivity index is 0.000000161. The fraction of sp³-hybridized carbons (Fsp3) is 0.348. The molecule has 1 saturated carbocycles. The van der Waals surface area contributed by atoms with Gasteiger partial charge in [0, 0.05) is 42.2 Å². The molecule has 7 heterocycles. The van der Waals surface area contributed by atoms with Crippen molar-refractivity contribution < 1.29 is 27.8 Å². The van der Waals surface area contributed by atoms with Gasteiger partial charge in [0.05, 0.1) is 10.8 Å². The first-order valence-electron chi connectivity index (χ1n) is 19.9. The first-order chi connectivity index (χ1) is 28.2. The van der Waals surface area contributed by atoms with E-state index in [-0.39, 0.29) is 30.8 Å². The van der Waals surface area contributed by atoms with Crippen molar-refractivity contribution in [3.63, 3.8) is 0 Å². The monoisotopic (exact) mass is 799 g/mol. The second-order valence-electron chi connectivity index (χ2n) is 15.6. The molecule has 0 bridgehead atoms. The van der Waals surface area contributed by atoms with Crippen molar-refractivity contribution in [1.82, 2.24) is 15.3 Å². The number of alkyl halides is 2. The number of pyridine rings is 2. The molecule has 1 saturated heterocycles. The number of aromatic hydroxyl groups is 2. The summed E-state index contributed by atoms with van der Waals surface area (Å²) in [6, 6.07) is 15.0. The molecular weight excluding hydrogens is 753 g/mol. The molecule has 1 aliphatic carbocycles. The van der Waals surface area contributed by atoms with Crippen LogP contribution in [-0.2, 0) is 12.8 Å². The smallest absolute Gasteiger partial charge is 0.183 e. The van der Waals surface area contributed by atoms with Crippen LogP contribution in [0.5, 0.6) is 11.5 Å². The summed E-state index contributed by atoms with van der Waals surface area (Å²) in [7, 11) is 0. The molecule has 3 aliphatic heterocycles. The highest BCUT2D eigenvalue weighted by Gasteiger charge is 2.29. The van der Waals surface area contributed by atoms with E-state index in [1.807, 2.05) is 62.4 Å². The molecule has 2 aromatic carbocycles. The lowest BCUT2D eigenvalue weighted by Crippen LogP contribution is -2.39. The Kier molecular flexibility index (Phi) is 11.2. The molecule has 59 heavy (non-hydrogen) atoms. The summed E-state index contributed by atoms with van der Waals surface area (Å²) in [6.07, 6.45) is 10.6. The van der Waals surface area contributed by atoms with Crippen LogP contribution in [0.25, 0.3) is 45.5 Å². The molecule has 2 unspecified atom stereocenters. The van der Waals surface area contributed by atoms with Crippen LogP contribution in [0.1, 0.15) is 84.4 Å². The second-order valence-corrected chi connectivity index (χ2v) is 15.6. The third-order valence-corrected chi connectivity index (χ3v) is 11.8. The number of piperidine rings is 1. The van der Waals surface area contributed by atoms with Crippen molar-refractivity contribution >= 4 is 57.1 Å². The van der Waals surface area contributed by atoms with Crippen molar-refractivity contribution in [2.75, 3.05) is 13.1 Å². The molecule has 0 amide bonds. The number of nitrogens with one attached hydrogen (secondary N) is 1. The van der Waals surface area contributed by atoms with E-state index in [0.29, 0.717) is 82.3 Å². The van der Waals surface area contributed by atoms with Gasteiger partial charge in [-0.2, -0.15) is 0 Å². The van der Waals surface area contributed by atoms with Crippen LogP contribution in [0, 0.1) is 25.7 Å². The number of azo groups is 2. The van der Waals surface area contributed by atoms with Crippen LogP contribution in [0.3, 0.4) is 0 Å². The lowest BCUT2D eigenvalue weighted by Gasteiger charge is -2.27. The van der Waals surface area contributed by atoms with Crippen LogP contribution in [-0.4, -0.2) is 45.6 Å². The Morgan fingerprint density at radius 3 is 1.69 bits per heavy atom. The number of furan rings is 2. The molecular formula is C46H47F2N7O4. The van der Waals surface area contributed by atoms with Gasteiger partial charge in [-0.15, -0.1) is 20.5 Å². The first kappa shape index (κ1) is 39.7. The third kappa shape index (κ3) is 7.67.